The number of benzene rings is 2. The number of nitrogens with zero attached hydrogens (tertiary/aromatic N) is 3. The number of nitrogens with one attached hydrogen (secondary N) is 2. The van der Waals surface area contributed by atoms with Crippen LogP contribution in [0.3, 0.4) is 0 Å². The third-order valence-electron chi connectivity index (χ3n) is 8.71. The Morgan fingerprint density at radius 2 is 1.88 bits per heavy atom. The van der Waals surface area contributed by atoms with Gasteiger partial charge < -0.3 is 30.8 Å². The lowest BCUT2D eigenvalue weighted by Gasteiger charge is -2.17. The molecule has 0 bridgehead atoms. The van der Waals surface area contributed by atoms with Crippen LogP contribution in [0.15, 0.2) is 67.1 Å². The molecule has 2 fully saturated rings. The van der Waals surface area contributed by atoms with Gasteiger partial charge in [-0.1, -0.05) is 37.3 Å². The zero-order valence-corrected chi connectivity index (χ0v) is 23.2. The third-order valence-corrected chi connectivity index (χ3v) is 8.71. The summed E-state index contributed by atoms with van der Waals surface area (Å²) >= 11 is 0. The lowest BCUT2D eigenvalue weighted by atomic mass is 10.0. The second-order valence-electron chi connectivity index (χ2n) is 11.4. The second kappa shape index (κ2) is 11.6. The van der Waals surface area contributed by atoms with Crippen LogP contribution < -0.4 is 21.1 Å². The largest absolute Gasteiger partial charge is 0.457 e. The van der Waals surface area contributed by atoms with Gasteiger partial charge in [-0.3, -0.25) is 0 Å². The van der Waals surface area contributed by atoms with Gasteiger partial charge in [-0.2, -0.15) is 0 Å². The van der Waals surface area contributed by atoms with Crippen molar-refractivity contribution in [1.29, 1.82) is 0 Å². The highest BCUT2D eigenvalue weighted by atomic mass is 16.5. The van der Waals surface area contributed by atoms with Crippen molar-refractivity contribution in [2.45, 2.75) is 63.6 Å². The minimum atomic E-state index is -0.374. The summed E-state index contributed by atoms with van der Waals surface area (Å²) in [6.45, 7) is 5.02. The lowest BCUT2D eigenvalue weighted by Crippen LogP contribution is -2.27. The summed E-state index contributed by atoms with van der Waals surface area (Å²) in [5.74, 6) is 2.25. The average Bonchev–Trinajstić information content (AvgIpc) is 3.30. The molecule has 5 N–H and O–H groups in total. The standard InChI is InChI=1S/C32H40N6O2/c1-2-23-20-38(31-29(23)30(33)36-21-37-31)26-17-32(18-27(26)39)19-28(32)35-14-7-13-34-15-12-22-8-6-11-25(16-22)40-24-9-4-3-5-10-24/h3-6,8-11,16,20-21,26-28,34-35,39H,2,7,12-15,17-19H2,1H3,(H2,33,36,37)/t26-,27-,28-,32?/m1/s1. The average molecular weight is 541 g/mol. The Morgan fingerprint density at radius 3 is 2.73 bits per heavy atom. The maximum absolute atomic E-state index is 11.1. The molecule has 8 heteroatoms. The van der Waals surface area contributed by atoms with Gasteiger partial charge in [0.1, 0.15) is 29.3 Å². The van der Waals surface area contributed by atoms with E-state index >= 15 is 0 Å². The number of rotatable bonds is 12. The normalized spacial score (nSPS) is 23.7. The molecule has 8 nitrogen and oxygen atoms in total. The number of para-hydroxylation sites is 1. The van der Waals surface area contributed by atoms with E-state index < -0.39 is 0 Å². The van der Waals surface area contributed by atoms with Crippen LogP contribution in [0, 0.1) is 5.41 Å². The molecule has 0 saturated heterocycles. The molecule has 2 aromatic heterocycles. The van der Waals surface area contributed by atoms with Crippen LogP contribution in [0.25, 0.3) is 11.0 Å². The van der Waals surface area contributed by atoms with Gasteiger partial charge in [0.25, 0.3) is 0 Å². The molecule has 1 spiro atoms. The zero-order valence-electron chi connectivity index (χ0n) is 23.2. The number of nitrogen functional groups attached to an aromatic ring is 1. The van der Waals surface area contributed by atoms with Gasteiger partial charge in [0.05, 0.1) is 17.5 Å². The summed E-state index contributed by atoms with van der Waals surface area (Å²) in [4.78, 5) is 8.73. The molecule has 2 saturated carbocycles. The van der Waals surface area contributed by atoms with E-state index in [-0.39, 0.29) is 17.6 Å². The highest BCUT2D eigenvalue weighted by molar-refractivity contribution is 5.89. The van der Waals surface area contributed by atoms with Crippen molar-refractivity contribution >= 4 is 16.9 Å². The molecule has 1 unspecified atom stereocenters. The Labute approximate surface area is 236 Å². The number of aromatic nitrogens is 3. The van der Waals surface area contributed by atoms with Crippen LogP contribution in [-0.2, 0) is 12.8 Å². The fourth-order valence-corrected chi connectivity index (χ4v) is 6.50. The number of aryl methyl sites for hydroxylation is 1. The topological polar surface area (TPSA) is 110 Å². The van der Waals surface area contributed by atoms with Crippen LogP contribution in [0.5, 0.6) is 11.5 Å². The lowest BCUT2D eigenvalue weighted by molar-refractivity contribution is 0.135. The van der Waals surface area contributed by atoms with E-state index in [1.807, 2.05) is 36.4 Å². The number of fused-ring (bicyclic) bond motifs is 1. The maximum atomic E-state index is 11.1. The maximum Gasteiger partial charge on any atom is 0.146 e. The predicted octanol–water partition coefficient (Wildman–Crippen LogP) is 4.63. The molecule has 4 atom stereocenters. The van der Waals surface area contributed by atoms with Crippen LogP contribution in [-0.4, -0.2) is 51.4 Å². The van der Waals surface area contributed by atoms with Gasteiger partial charge in [-0.15, -0.1) is 0 Å². The first kappa shape index (κ1) is 26.7. The summed E-state index contributed by atoms with van der Waals surface area (Å²) in [7, 11) is 0. The molecule has 0 amide bonds. The van der Waals surface area contributed by atoms with Gasteiger partial charge >= 0.3 is 0 Å². The predicted molar refractivity (Wildman–Crippen MR) is 159 cm³/mol. The quantitative estimate of drug-likeness (QED) is 0.194. The van der Waals surface area contributed by atoms with Crippen molar-refractivity contribution in [2.75, 3.05) is 25.4 Å². The first-order chi connectivity index (χ1) is 19.6. The van der Waals surface area contributed by atoms with E-state index in [0.29, 0.717) is 11.9 Å². The van der Waals surface area contributed by atoms with Crippen LogP contribution in [0.1, 0.15) is 49.8 Å². The Balaban J connectivity index is 0.927. The van der Waals surface area contributed by atoms with Crippen molar-refractivity contribution in [3.05, 3.63) is 78.2 Å². The second-order valence-corrected chi connectivity index (χ2v) is 11.4. The van der Waals surface area contributed by atoms with Crippen LogP contribution in [0.2, 0.25) is 0 Å². The first-order valence-electron chi connectivity index (χ1n) is 14.6. The van der Waals surface area contributed by atoms with Gasteiger partial charge in [0.15, 0.2) is 0 Å². The Bertz CT molecular complexity index is 1440. The van der Waals surface area contributed by atoms with Gasteiger partial charge in [0.2, 0.25) is 0 Å². The molecule has 0 radical (unpaired) electrons. The van der Waals surface area contributed by atoms with E-state index in [9.17, 15) is 5.11 Å². The smallest absolute Gasteiger partial charge is 0.146 e. The molecule has 0 aliphatic heterocycles. The van der Waals surface area contributed by atoms with E-state index in [0.717, 1.165) is 86.3 Å². The Morgan fingerprint density at radius 1 is 1.02 bits per heavy atom. The summed E-state index contributed by atoms with van der Waals surface area (Å²) in [6.07, 6.45) is 9.12. The monoisotopic (exact) mass is 540 g/mol. The van der Waals surface area contributed by atoms with Crippen molar-refractivity contribution < 1.29 is 9.84 Å². The molecule has 210 valence electrons. The molecular formula is C32H40N6O2. The van der Waals surface area contributed by atoms with Crippen molar-refractivity contribution in [2.24, 2.45) is 5.41 Å². The summed E-state index contributed by atoms with van der Waals surface area (Å²) in [5, 5.41) is 19.3. The van der Waals surface area contributed by atoms with E-state index in [1.54, 1.807) is 0 Å². The fourth-order valence-electron chi connectivity index (χ4n) is 6.50. The number of nitrogens with two attached hydrogens (primary N) is 1. The summed E-state index contributed by atoms with van der Waals surface area (Å²) in [6, 6.07) is 18.7. The number of aliphatic hydroxyl groups excluding tert-OH is 1. The van der Waals surface area contributed by atoms with E-state index in [2.05, 4.69) is 56.5 Å². The van der Waals surface area contributed by atoms with Crippen molar-refractivity contribution in [3.8, 4) is 11.5 Å². The number of aliphatic hydroxyl groups is 1. The number of hydrogen-bond donors (Lipinski definition) is 4. The highest BCUT2D eigenvalue weighted by Gasteiger charge is 2.60. The van der Waals surface area contributed by atoms with Crippen molar-refractivity contribution in [3.63, 3.8) is 0 Å². The molecule has 2 heterocycles. The Kier molecular flexibility index (Phi) is 7.74. The first-order valence-corrected chi connectivity index (χ1v) is 14.6. The summed E-state index contributed by atoms with van der Waals surface area (Å²) in [5.41, 5.74) is 9.62. The molecular weight excluding hydrogens is 500 g/mol. The third kappa shape index (κ3) is 5.57. The molecule has 4 aromatic rings. The molecule has 6 rings (SSSR count). The Hall–Kier alpha value is -3.46. The van der Waals surface area contributed by atoms with Gasteiger partial charge in [-0.25, -0.2) is 9.97 Å². The fraction of sp³-hybridized carbons (Fsp3) is 0.438. The van der Waals surface area contributed by atoms with Crippen molar-refractivity contribution in [1.82, 2.24) is 25.2 Å². The van der Waals surface area contributed by atoms with E-state index in [1.165, 1.54) is 11.9 Å². The molecule has 2 aliphatic carbocycles. The van der Waals surface area contributed by atoms with Gasteiger partial charge in [-0.05, 0) is 99.0 Å². The minimum absolute atomic E-state index is 0.0298. The molecule has 2 aromatic carbocycles. The zero-order chi connectivity index (χ0) is 27.5. The highest BCUT2D eigenvalue weighted by Crippen LogP contribution is 2.61. The van der Waals surface area contributed by atoms with Crippen LogP contribution >= 0.6 is 0 Å². The van der Waals surface area contributed by atoms with E-state index in [4.69, 9.17) is 10.5 Å². The van der Waals surface area contributed by atoms with Crippen LogP contribution in [0.4, 0.5) is 5.82 Å². The molecule has 2 aliphatic rings. The minimum Gasteiger partial charge on any atom is -0.457 e. The summed E-state index contributed by atoms with van der Waals surface area (Å²) < 4.78 is 8.12. The SMILES string of the molecule is CCc1cn([C@@H]2CC3(C[C@H]2O)C[C@H]3NCCCNCCc2cccc(Oc3ccccc3)c2)c2ncnc(N)c12. The van der Waals surface area contributed by atoms with Gasteiger partial charge in [0, 0.05) is 12.2 Å². The number of hydrogen-bond acceptors (Lipinski definition) is 7. The molecule has 40 heavy (non-hydrogen) atoms. The number of anilines is 1. The number of ether oxygens (including phenoxy) is 1.